The lowest BCUT2D eigenvalue weighted by molar-refractivity contribution is -0.131. The molecule has 2 saturated heterocycles. The first-order chi connectivity index (χ1) is 13.2. The molecule has 0 aliphatic carbocycles. The van der Waals surface area contributed by atoms with E-state index in [1.54, 1.807) is 13.3 Å². The van der Waals surface area contributed by atoms with Gasteiger partial charge in [0.15, 0.2) is 0 Å². The van der Waals surface area contributed by atoms with Crippen LogP contribution in [0.1, 0.15) is 19.3 Å². The predicted octanol–water partition coefficient (Wildman–Crippen LogP) is 2.34. The van der Waals surface area contributed by atoms with Crippen molar-refractivity contribution >= 4 is 11.9 Å². The summed E-state index contributed by atoms with van der Waals surface area (Å²) >= 11 is 0. The average Bonchev–Trinajstić information content (AvgIpc) is 3.09. The number of rotatable bonds is 5. The second-order valence-electron chi connectivity index (χ2n) is 6.85. The molecule has 4 rings (SSSR count). The van der Waals surface area contributed by atoms with Crippen LogP contribution in [0, 0.1) is 0 Å². The van der Waals surface area contributed by atoms with Gasteiger partial charge in [-0.3, -0.25) is 4.79 Å². The van der Waals surface area contributed by atoms with E-state index in [2.05, 4.69) is 15.3 Å². The first kappa shape index (κ1) is 17.7. The van der Waals surface area contributed by atoms with Crippen LogP contribution in [0.2, 0.25) is 0 Å². The topological polar surface area (TPSA) is 76.6 Å². The van der Waals surface area contributed by atoms with Gasteiger partial charge in [0.05, 0.1) is 12.8 Å². The molecule has 3 heterocycles. The van der Waals surface area contributed by atoms with Crippen LogP contribution in [0.5, 0.6) is 5.75 Å². The van der Waals surface area contributed by atoms with Crippen molar-refractivity contribution in [3.8, 4) is 17.0 Å². The molecule has 2 fully saturated rings. The smallest absolute Gasteiger partial charge is 0.245 e. The SMILES string of the molecule is COc1ccc(-c2ccnc(N[C@H]3CCN(C4CCOCC4)C3=O)n2)cc1. The number of ether oxygens (including phenoxy) is 2. The van der Waals surface area contributed by atoms with Crippen molar-refractivity contribution in [2.45, 2.75) is 31.3 Å². The van der Waals surface area contributed by atoms with Crippen molar-refractivity contribution in [1.82, 2.24) is 14.9 Å². The third-order valence-electron chi connectivity index (χ3n) is 5.22. The monoisotopic (exact) mass is 368 g/mol. The summed E-state index contributed by atoms with van der Waals surface area (Å²) in [6.07, 6.45) is 4.32. The Morgan fingerprint density at radius 2 is 1.93 bits per heavy atom. The van der Waals surface area contributed by atoms with Crippen LogP contribution in [-0.4, -0.2) is 59.7 Å². The number of benzene rings is 1. The second kappa shape index (κ2) is 7.92. The summed E-state index contributed by atoms with van der Waals surface area (Å²) in [5.74, 6) is 1.42. The largest absolute Gasteiger partial charge is 0.497 e. The van der Waals surface area contributed by atoms with Gasteiger partial charge in [-0.15, -0.1) is 0 Å². The van der Waals surface area contributed by atoms with Crippen molar-refractivity contribution in [1.29, 1.82) is 0 Å². The van der Waals surface area contributed by atoms with Crippen molar-refractivity contribution in [3.05, 3.63) is 36.5 Å². The van der Waals surface area contributed by atoms with Crippen molar-refractivity contribution in [2.24, 2.45) is 0 Å². The van der Waals surface area contributed by atoms with Crippen molar-refractivity contribution < 1.29 is 14.3 Å². The van der Waals surface area contributed by atoms with Gasteiger partial charge in [0, 0.05) is 37.6 Å². The predicted molar refractivity (Wildman–Crippen MR) is 102 cm³/mol. The van der Waals surface area contributed by atoms with Crippen LogP contribution >= 0.6 is 0 Å². The highest BCUT2D eigenvalue weighted by Gasteiger charge is 2.36. The molecule has 142 valence electrons. The van der Waals surface area contributed by atoms with Crippen LogP contribution in [0.3, 0.4) is 0 Å². The summed E-state index contributed by atoms with van der Waals surface area (Å²) in [5, 5.41) is 3.22. The normalized spacial score (nSPS) is 20.7. The third-order valence-corrected chi connectivity index (χ3v) is 5.22. The number of nitrogens with zero attached hydrogens (tertiary/aromatic N) is 3. The number of likely N-dealkylation sites (tertiary alicyclic amines) is 1. The lowest BCUT2D eigenvalue weighted by atomic mass is 10.1. The minimum Gasteiger partial charge on any atom is -0.497 e. The van der Waals surface area contributed by atoms with Gasteiger partial charge in [-0.05, 0) is 49.6 Å². The molecule has 7 heteroatoms. The van der Waals surface area contributed by atoms with Crippen molar-refractivity contribution in [2.75, 3.05) is 32.2 Å². The van der Waals surface area contributed by atoms with Crippen molar-refractivity contribution in [3.63, 3.8) is 0 Å². The summed E-state index contributed by atoms with van der Waals surface area (Å²) in [6.45, 7) is 2.25. The average molecular weight is 368 g/mol. The first-order valence-electron chi connectivity index (χ1n) is 9.37. The zero-order chi connectivity index (χ0) is 18.6. The van der Waals surface area contributed by atoms with E-state index in [9.17, 15) is 4.79 Å². The van der Waals surface area contributed by atoms with E-state index in [4.69, 9.17) is 9.47 Å². The molecule has 0 saturated carbocycles. The quantitative estimate of drug-likeness (QED) is 0.873. The van der Waals surface area contributed by atoms with Gasteiger partial charge in [-0.1, -0.05) is 0 Å². The number of amides is 1. The van der Waals surface area contributed by atoms with Gasteiger partial charge in [0.25, 0.3) is 0 Å². The maximum atomic E-state index is 12.8. The molecule has 0 spiro atoms. The zero-order valence-electron chi connectivity index (χ0n) is 15.4. The van der Waals surface area contributed by atoms with Gasteiger partial charge in [0.2, 0.25) is 11.9 Å². The van der Waals surface area contributed by atoms with E-state index >= 15 is 0 Å². The van der Waals surface area contributed by atoms with Crippen LogP contribution < -0.4 is 10.1 Å². The minimum atomic E-state index is -0.265. The molecule has 27 heavy (non-hydrogen) atoms. The molecule has 2 aliphatic rings. The standard InChI is InChI=1S/C20H24N4O3/c1-26-16-4-2-14(3-5-16)17-6-10-21-20(22-17)23-18-7-11-24(19(18)25)15-8-12-27-13-9-15/h2-6,10,15,18H,7-9,11-13H2,1H3,(H,21,22,23)/t18-/m0/s1. The molecule has 2 aromatic rings. The molecule has 1 N–H and O–H groups in total. The fourth-order valence-corrected chi connectivity index (χ4v) is 3.70. The number of carbonyl (C=O) groups is 1. The summed E-state index contributed by atoms with van der Waals surface area (Å²) in [6, 6.07) is 9.60. The van der Waals surface area contributed by atoms with E-state index in [1.807, 2.05) is 35.2 Å². The summed E-state index contributed by atoms with van der Waals surface area (Å²) in [7, 11) is 1.64. The molecule has 0 bridgehead atoms. The highest BCUT2D eigenvalue weighted by Crippen LogP contribution is 2.24. The maximum absolute atomic E-state index is 12.8. The maximum Gasteiger partial charge on any atom is 0.245 e. The summed E-state index contributed by atoms with van der Waals surface area (Å²) < 4.78 is 10.6. The molecule has 0 unspecified atom stereocenters. The van der Waals surface area contributed by atoms with Gasteiger partial charge in [-0.25, -0.2) is 9.97 Å². The Bertz CT molecular complexity index is 790. The Labute approximate surface area is 158 Å². The minimum absolute atomic E-state index is 0.139. The molecular weight excluding hydrogens is 344 g/mol. The van der Waals surface area contributed by atoms with E-state index in [0.717, 1.165) is 56.0 Å². The number of aromatic nitrogens is 2. The molecule has 1 aromatic heterocycles. The number of anilines is 1. The number of hydrogen-bond donors (Lipinski definition) is 1. The van der Waals surface area contributed by atoms with Gasteiger partial charge in [0.1, 0.15) is 11.8 Å². The fourth-order valence-electron chi connectivity index (χ4n) is 3.70. The Morgan fingerprint density at radius 1 is 1.15 bits per heavy atom. The van der Waals surface area contributed by atoms with Crippen LogP contribution in [0.4, 0.5) is 5.95 Å². The molecule has 2 aliphatic heterocycles. The molecule has 1 amide bonds. The third kappa shape index (κ3) is 3.88. The van der Waals surface area contributed by atoms with E-state index in [1.165, 1.54) is 0 Å². The Kier molecular flexibility index (Phi) is 5.20. The fraction of sp³-hybridized carbons (Fsp3) is 0.450. The van der Waals surface area contributed by atoms with E-state index in [0.29, 0.717) is 12.0 Å². The molecule has 0 radical (unpaired) electrons. The molecule has 7 nitrogen and oxygen atoms in total. The van der Waals surface area contributed by atoms with Gasteiger partial charge < -0.3 is 19.7 Å². The number of methoxy groups -OCH3 is 1. The Balaban J connectivity index is 1.44. The molecule has 1 atom stereocenters. The number of carbonyl (C=O) groups excluding carboxylic acids is 1. The van der Waals surface area contributed by atoms with Gasteiger partial charge >= 0.3 is 0 Å². The number of nitrogens with one attached hydrogen (secondary N) is 1. The highest BCUT2D eigenvalue weighted by molar-refractivity contribution is 5.86. The molecule has 1 aromatic carbocycles. The van der Waals surface area contributed by atoms with Crippen LogP contribution in [0.15, 0.2) is 36.5 Å². The van der Waals surface area contributed by atoms with Crippen LogP contribution in [0.25, 0.3) is 11.3 Å². The van der Waals surface area contributed by atoms with E-state index < -0.39 is 0 Å². The summed E-state index contributed by atoms with van der Waals surface area (Å²) in [5.41, 5.74) is 1.78. The zero-order valence-corrected chi connectivity index (χ0v) is 15.4. The van der Waals surface area contributed by atoms with Crippen LogP contribution in [-0.2, 0) is 9.53 Å². The lowest BCUT2D eigenvalue weighted by Gasteiger charge is -2.31. The lowest BCUT2D eigenvalue weighted by Crippen LogP contribution is -2.43. The van der Waals surface area contributed by atoms with E-state index in [-0.39, 0.29) is 11.9 Å². The first-order valence-corrected chi connectivity index (χ1v) is 9.37. The second-order valence-corrected chi connectivity index (χ2v) is 6.85. The number of hydrogen-bond acceptors (Lipinski definition) is 6. The highest BCUT2D eigenvalue weighted by atomic mass is 16.5. The Morgan fingerprint density at radius 3 is 2.67 bits per heavy atom. The van der Waals surface area contributed by atoms with Gasteiger partial charge in [-0.2, -0.15) is 0 Å². The molecular formula is C20H24N4O3. The Hall–Kier alpha value is -2.67. The summed E-state index contributed by atoms with van der Waals surface area (Å²) in [4.78, 5) is 23.7.